The zero-order valence-electron chi connectivity index (χ0n) is 61.0. The highest BCUT2D eigenvalue weighted by Crippen LogP contribution is 2.56. The molecule has 1 heteroatoms. The van der Waals surface area contributed by atoms with Crippen LogP contribution in [0.15, 0.2) is 368 Å². The van der Waals surface area contributed by atoms with Gasteiger partial charge in [-0.25, -0.2) is 0 Å². The lowest BCUT2D eigenvalue weighted by Crippen LogP contribution is -2.15. The van der Waals surface area contributed by atoms with E-state index in [0.29, 0.717) is 0 Å². The first-order chi connectivity index (χ1) is 53.6. The second kappa shape index (κ2) is 24.0. The third-order valence-corrected chi connectivity index (χ3v) is 24.6. The summed E-state index contributed by atoms with van der Waals surface area (Å²) in [7, 11) is 0. The van der Waals surface area contributed by atoms with Crippen molar-refractivity contribution >= 4 is 119 Å². The van der Waals surface area contributed by atoms with Crippen molar-refractivity contribution in [2.45, 2.75) is 38.5 Å². The highest BCUT2D eigenvalue weighted by Gasteiger charge is 2.39. The molecular weight excluding hydrogens is 1310 g/mol. The molecule has 21 aromatic rings. The summed E-state index contributed by atoms with van der Waals surface area (Å²) in [6.07, 6.45) is 0. The zero-order chi connectivity index (χ0) is 72.4. The summed E-state index contributed by atoms with van der Waals surface area (Å²) in [4.78, 5) is 0. The van der Waals surface area contributed by atoms with Gasteiger partial charge in [0.2, 0.25) is 0 Å². The largest absolute Gasteiger partial charge is 0.456 e. The van der Waals surface area contributed by atoms with Crippen LogP contribution in [-0.2, 0) is 10.8 Å². The molecule has 1 heterocycles. The van der Waals surface area contributed by atoms with Gasteiger partial charge in [0.1, 0.15) is 11.2 Å². The summed E-state index contributed by atoms with van der Waals surface area (Å²) in [5.74, 6) is 0. The standard InChI is InChI=1S/C57H38.C51H34O/c1-57(2)52-32-30-39(33-50(52)49-31-29-37-14-4-6-16-42(37)56(49)57)35-23-26-38(27-24-35)53-45-19-9-11-21-47(45)55(48-22-12-10-20-46(48)53)51-34-40-28-25-36-13-3-5-15-41(36)54(40)44-18-8-7-17-43(44)51;1-51(2)45-27-24-34(29-43(45)42-26-23-32-11-3-4-12-36(32)50(42)51)31-19-21-33(22-20-31)48-38-14-5-7-16-40(38)49(41-17-8-6-15-39(41)48)35-25-28-47-44(30-35)37-13-9-10-18-46(37)52-47/h3-34H,1-2H3;3-30H,1-2H3. The number of fused-ring (bicyclic) bond motifs is 22. The maximum Gasteiger partial charge on any atom is 0.135 e. The molecule has 0 aliphatic heterocycles. The maximum absolute atomic E-state index is 6.20. The van der Waals surface area contributed by atoms with Gasteiger partial charge in [0.05, 0.1) is 0 Å². The van der Waals surface area contributed by atoms with Gasteiger partial charge < -0.3 is 4.42 Å². The molecule has 0 N–H and O–H groups in total. The molecule has 109 heavy (non-hydrogen) atoms. The van der Waals surface area contributed by atoms with Crippen molar-refractivity contribution in [1.82, 2.24) is 0 Å². The Hall–Kier alpha value is -13.5. The molecule has 0 unspecified atom stereocenters. The molecule has 1 nitrogen and oxygen atoms in total. The molecule has 0 radical (unpaired) electrons. The Labute approximate surface area is 632 Å². The quantitative estimate of drug-likeness (QED) is 0.119. The molecule has 0 bridgehead atoms. The van der Waals surface area contributed by atoms with Crippen LogP contribution in [-0.4, -0.2) is 0 Å². The summed E-state index contributed by atoms with van der Waals surface area (Å²) in [5.41, 5.74) is 27.8. The van der Waals surface area contributed by atoms with E-state index in [0.717, 1.165) is 21.9 Å². The molecule has 23 rings (SSSR count). The second-order valence-corrected chi connectivity index (χ2v) is 31.2. The molecule has 0 saturated heterocycles. The second-order valence-electron chi connectivity index (χ2n) is 31.2. The smallest absolute Gasteiger partial charge is 0.135 e. The highest BCUT2D eigenvalue weighted by atomic mass is 16.3. The van der Waals surface area contributed by atoms with Crippen LogP contribution >= 0.6 is 0 Å². The molecule has 0 fully saturated rings. The van der Waals surface area contributed by atoms with E-state index in [1.807, 2.05) is 12.1 Å². The van der Waals surface area contributed by atoms with Gasteiger partial charge in [-0.3, -0.25) is 0 Å². The van der Waals surface area contributed by atoms with Crippen molar-refractivity contribution in [1.29, 1.82) is 0 Å². The molecule has 510 valence electrons. The SMILES string of the molecule is CC1(C)c2ccc(-c3ccc(-c4c5ccccc5c(-c5cc6ccc7ccccc7c6c6ccccc56)c5ccccc45)cc3)cc2-c2ccc3ccccc3c21.CC1(C)c2ccc(-c3ccc(-c4c5ccccc5c(-c5ccc6oc7ccccc7c6c5)c5ccccc45)cc3)cc2-c2ccc3ccccc3c21. The van der Waals surface area contributed by atoms with Gasteiger partial charge in [0, 0.05) is 21.6 Å². The Morgan fingerprint density at radius 2 is 0.514 bits per heavy atom. The lowest BCUT2D eigenvalue weighted by atomic mass is 9.80. The summed E-state index contributed by atoms with van der Waals surface area (Å²) in [5, 5.41) is 25.4. The van der Waals surface area contributed by atoms with Gasteiger partial charge in [-0.2, -0.15) is 0 Å². The average Bonchev–Trinajstić information content (AvgIpc) is 1.69. The van der Waals surface area contributed by atoms with Gasteiger partial charge in [0.15, 0.2) is 0 Å². The van der Waals surface area contributed by atoms with Crippen molar-refractivity contribution in [3.63, 3.8) is 0 Å². The number of hydrogen-bond donors (Lipinski definition) is 0. The van der Waals surface area contributed by atoms with Gasteiger partial charge in [-0.1, -0.05) is 355 Å². The molecule has 2 aliphatic carbocycles. The minimum atomic E-state index is -0.0598. The molecule has 0 atom stereocenters. The number of para-hydroxylation sites is 1. The normalized spacial score (nSPS) is 13.3. The highest BCUT2D eigenvalue weighted by molar-refractivity contribution is 6.29. The van der Waals surface area contributed by atoms with Crippen molar-refractivity contribution in [2.75, 3.05) is 0 Å². The first-order valence-corrected chi connectivity index (χ1v) is 38.3. The van der Waals surface area contributed by atoms with E-state index in [9.17, 15) is 0 Å². The van der Waals surface area contributed by atoms with Crippen molar-refractivity contribution in [2.24, 2.45) is 0 Å². The van der Waals surface area contributed by atoms with Crippen molar-refractivity contribution < 1.29 is 4.42 Å². The minimum Gasteiger partial charge on any atom is -0.456 e. The van der Waals surface area contributed by atoms with Crippen LogP contribution in [0.2, 0.25) is 0 Å². The molecule has 20 aromatic carbocycles. The Bertz CT molecular complexity index is 7330. The Kier molecular flexibility index (Phi) is 13.9. The van der Waals surface area contributed by atoms with Crippen LogP contribution in [0.3, 0.4) is 0 Å². The van der Waals surface area contributed by atoms with Crippen molar-refractivity contribution in [3.05, 3.63) is 386 Å². The van der Waals surface area contributed by atoms with Gasteiger partial charge >= 0.3 is 0 Å². The number of rotatable bonds is 6. The summed E-state index contributed by atoms with van der Waals surface area (Å²) < 4.78 is 6.20. The van der Waals surface area contributed by atoms with E-state index in [-0.39, 0.29) is 10.8 Å². The van der Waals surface area contributed by atoms with E-state index in [1.54, 1.807) is 0 Å². The zero-order valence-corrected chi connectivity index (χ0v) is 61.0. The van der Waals surface area contributed by atoms with Crippen LogP contribution in [0.1, 0.15) is 49.9 Å². The molecule has 2 aliphatic rings. The number of benzene rings is 20. The summed E-state index contributed by atoms with van der Waals surface area (Å²) in [6.45, 7) is 9.50. The topological polar surface area (TPSA) is 13.1 Å². The molecule has 0 saturated carbocycles. The van der Waals surface area contributed by atoms with Crippen LogP contribution in [0.25, 0.3) is 208 Å². The molecular formula is C108H72O. The fourth-order valence-corrected chi connectivity index (χ4v) is 19.7. The van der Waals surface area contributed by atoms with E-state index in [4.69, 9.17) is 4.42 Å². The Morgan fingerprint density at radius 1 is 0.183 bits per heavy atom. The Balaban J connectivity index is 0.000000135. The van der Waals surface area contributed by atoms with Crippen LogP contribution in [0.4, 0.5) is 0 Å². The van der Waals surface area contributed by atoms with Crippen molar-refractivity contribution in [3.8, 4) is 89.0 Å². The molecule has 1 aromatic heterocycles. The van der Waals surface area contributed by atoms with E-state index in [1.165, 1.54) is 208 Å². The van der Waals surface area contributed by atoms with Gasteiger partial charge in [-0.05, 0) is 245 Å². The monoisotopic (exact) mass is 1380 g/mol. The first-order valence-electron chi connectivity index (χ1n) is 38.3. The first kappa shape index (κ1) is 62.9. The number of hydrogen-bond acceptors (Lipinski definition) is 1. The average molecular weight is 1390 g/mol. The fourth-order valence-electron chi connectivity index (χ4n) is 19.7. The van der Waals surface area contributed by atoms with E-state index in [2.05, 4.69) is 380 Å². The predicted octanol–water partition coefficient (Wildman–Crippen LogP) is 30.3. The van der Waals surface area contributed by atoms with E-state index < -0.39 is 0 Å². The van der Waals surface area contributed by atoms with Crippen LogP contribution in [0.5, 0.6) is 0 Å². The molecule has 0 amide bonds. The predicted molar refractivity (Wildman–Crippen MR) is 465 cm³/mol. The van der Waals surface area contributed by atoms with E-state index >= 15 is 0 Å². The summed E-state index contributed by atoms with van der Waals surface area (Å²) >= 11 is 0. The minimum absolute atomic E-state index is 0.0553. The third-order valence-electron chi connectivity index (χ3n) is 24.6. The van der Waals surface area contributed by atoms with Gasteiger partial charge in [0.25, 0.3) is 0 Å². The molecule has 0 spiro atoms. The maximum atomic E-state index is 6.20. The fraction of sp³-hybridized carbons (Fsp3) is 0.0556. The summed E-state index contributed by atoms with van der Waals surface area (Å²) in [6, 6.07) is 135. The Morgan fingerprint density at radius 3 is 0.991 bits per heavy atom. The lowest BCUT2D eigenvalue weighted by molar-refractivity contribution is 0.666. The van der Waals surface area contributed by atoms with Crippen LogP contribution < -0.4 is 0 Å². The third kappa shape index (κ3) is 9.53. The number of furan rings is 1. The van der Waals surface area contributed by atoms with Gasteiger partial charge in [-0.15, -0.1) is 0 Å². The lowest BCUT2D eigenvalue weighted by Gasteiger charge is -2.23. The van der Waals surface area contributed by atoms with Crippen LogP contribution in [0, 0.1) is 0 Å².